The molecule has 0 aliphatic heterocycles. The molecule has 0 saturated carbocycles. The Morgan fingerprint density at radius 2 is 2.00 bits per heavy atom. The number of aliphatic hydroxyl groups excluding tert-OH is 1. The van der Waals surface area contributed by atoms with E-state index < -0.39 is 5.97 Å². The smallest absolute Gasteiger partial charge is 0.305 e. The number of benzene rings is 1. The van der Waals surface area contributed by atoms with E-state index in [4.69, 9.17) is 10.2 Å². The lowest BCUT2D eigenvalue weighted by molar-refractivity contribution is -0.136. The number of carbonyl (C=O) groups is 1. The number of hydrogen-bond donors (Lipinski definition) is 2. The number of aliphatic hydroxyl groups is 1. The highest BCUT2D eigenvalue weighted by Gasteiger charge is 2.10. The predicted molar refractivity (Wildman–Crippen MR) is 67.3 cm³/mol. The second kappa shape index (κ2) is 6.91. The number of nitrogens with zero attached hydrogens (tertiary/aromatic N) is 1. The zero-order valence-electron chi connectivity index (χ0n) is 10.1. The molecular formula is C13H19NO3. The molecule has 0 aliphatic rings. The van der Waals surface area contributed by atoms with Gasteiger partial charge < -0.3 is 15.1 Å². The van der Waals surface area contributed by atoms with Crippen LogP contribution in [-0.2, 0) is 4.79 Å². The van der Waals surface area contributed by atoms with Crippen LogP contribution in [0, 0.1) is 6.92 Å². The number of anilines is 1. The van der Waals surface area contributed by atoms with E-state index in [0.717, 1.165) is 11.3 Å². The Labute approximate surface area is 101 Å². The summed E-state index contributed by atoms with van der Waals surface area (Å²) in [4.78, 5) is 12.6. The van der Waals surface area contributed by atoms with Gasteiger partial charge in [0, 0.05) is 25.4 Å². The number of carboxylic acids is 1. The monoisotopic (exact) mass is 237 g/mol. The third-order valence-corrected chi connectivity index (χ3v) is 2.64. The Kier molecular flexibility index (Phi) is 5.49. The lowest BCUT2D eigenvalue weighted by Gasteiger charge is -2.25. The fraction of sp³-hybridized carbons (Fsp3) is 0.462. The van der Waals surface area contributed by atoms with E-state index in [-0.39, 0.29) is 13.0 Å². The standard InChI is InChI=1S/C13H19NO3/c1-11-5-2-3-6-12(11)14(8-4-10-15)9-7-13(16)17/h2-3,5-6,15H,4,7-10H2,1H3,(H,16,17). The molecular weight excluding hydrogens is 218 g/mol. The van der Waals surface area contributed by atoms with E-state index in [1.54, 1.807) is 0 Å². The number of rotatable bonds is 7. The minimum atomic E-state index is -0.799. The maximum atomic E-state index is 10.6. The van der Waals surface area contributed by atoms with Crippen LogP contribution in [0.4, 0.5) is 5.69 Å². The van der Waals surface area contributed by atoms with E-state index in [0.29, 0.717) is 19.5 Å². The highest BCUT2D eigenvalue weighted by atomic mass is 16.4. The average molecular weight is 237 g/mol. The van der Waals surface area contributed by atoms with Crippen molar-refractivity contribution in [3.63, 3.8) is 0 Å². The van der Waals surface area contributed by atoms with Crippen LogP contribution in [0.25, 0.3) is 0 Å². The molecule has 0 bridgehead atoms. The second-order valence-corrected chi connectivity index (χ2v) is 3.99. The van der Waals surface area contributed by atoms with Crippen LogP contribution in [0.3, 0.4) is 0 Å². The van der Waals surface area contributed by atoms with Crippen molar-refractivity contribution in [2.75, 3.05) is 24.6 Å². The van der Waals surface area contributed by atoms with Crippen molar-refractivity contribution in [3.8, 4) is 0 Å². The summed E-state index contributed by atoms with van der Waals surface area (Å²) in [5.74, 6) is -0.799. The first-order valence-corrected chi connectivity index (χ1v) is 5.78. The zero-order valence-corrected chi connectivity index (χ0v) is 10.1. The molecule has 0 fully saturated rings. The van der Waals surface area contributed by atoms with Crippen LogP contribution in [0.2, 0.25) is 0 Å². The van der Waals surface area contributed by atoms with E-state index in [9.17, 15) is 4.79 Å². The highest BCUT2D eigenvalue weighted by Crippen LogP contribution is 2.19. The van der Waals surface area contributed by atoms with Crippen molar-refractivity contribution >= 4 is 11.7 Å². The SMILES string of the molecule is Cc1ccccc1N(CCCO)CCC(=O)O. The third-order valence-electron chi connectivity index (χ3n) is 2.64. The Hall–Kier alpha value is -1.55. The first-order valence-electron chi connectivity index (χ1n) is 5.78. The normalized spacial score (nSPS) is 10.2. The molecule has 0 unspecified atom stereocenters. The van der Waals surface area contributed by atoms with Crippen LogP contribution in [0.15, 0.2) is 24.3 Å². The number of carboxylic acid groups (broad SMARTS) is 1. The molecule has 1 aromatic rings. The number of aliphatic carboxylic acids is 1. The van der Waals surface area contributed by atoms with E-state index in [1.165, 1.54) is 0 Å². The Balaban J connectivity index is 2.74. The van der Waals surface area contributed by atoms with E-state index in [1.807, 2.05) is 36.1 Å². The average Bonchev–Trinajstić information content (AvgIpc) is 2.30. The topological polar surface area (TPSA) is 60.8 Å². The van der Waals surface area contributed by atoms with Gasteiger partial charge in [-0.2, -0.15) is 0 Å². The molecule has 94 valence electrons. The van der Waals surface area contributed by atoms with Gasteiger partial charge in [-0.3, -0.25) is 4.79 Å². The van der Waals surface area contributed by atoms with Crippen molar-refractivity contribution in [2.45, 2.75) is 19.8 Å². The lowest BCUT2D eigenvalue weighted by atomic mass is 10.1. The van der Waals surface area contributed by atoms with Crippen LogP contribution < -0.4 is 4.90 Å². The van der Waals surface area contributed by atoms with Gasteiger partial charge in [0.25, 0.3) is 0 Å². The molecule has 1 rings (SSSR count). The van der Waals surface area contributed by atoms with Crippen molar-refractivity contribution < 1.29 is 15.0 Å². The van der Waals surface area contributed by atoms with Crippen LogP contribution in [0.5, 0.6) is 0 Å². The number of aryl methyl sites for hydroxylation is 1. The summed E-state index contributed by atoms with van der Waals surface area (Å²) in [6.45, 7) is 3.27. The maximum absolute atomic E-state index is 10.6. The largest absolute Gasteiger partial charge is 0.481 e. The van der Waals surface area contributed by atoms with Gasteiger partial charge in [-0.05, 0) is 25.0 Å². The van der Waals surface area contributed by atoms with Gasteiger partial charge in [-0.1, -0.05) is 18.2 Å². The summed E-state index contributed by atoms with van der Waals surface area (Å²) in [5.41, 5.74) is 2.16. The Morgan fingerprint density at radius 1 is 1.29 bits per heavy atom. The van der Waals surface area contributed by atoms with Gasteiger partial charge in [0.1, 0.15) is 0 Å². The molecule has 0 radical (unpaired) electrons. The van der Waals surface area contributed by atoms with Crippen molar-refractivity contribution in [3.05, 3.63) is 29.8 Å². The fourth-order valence-corrected chi connectivity index (χ4v) is 1.76. The molecule has 0 aromatic heterocycles. The lowest BCUT2D eigenvalue weighted by Crippen LogP contribution is -2.28. The van der Waals surface area contributed by atoms with Gasteiger partial charge in [0.05, 0.1) is 6.42 Å². The van der Waals surface area contributed by atoms with Gasteiger partial charge in [-0.25, -0.2) is 0 Å². The van der Waals surface area contributed by atoms with Crippen LogP contribution >= 0.6 is 0 Å². The summed E-state index contributed by atoms with van der Waals surface area (Å²) in [7, 11) is 0. The summed E-state index contributed by atoms with van der Waals surface area (Å²) >= 11 is 0. The summed E-state index contributed by atoms with van der Waals surface area (Å²) in [5, 5.41) is 17.6. The van der Waals surface area contributed by atoms with Gasteiger partial charge in [-0.15, -0.1) is 0 Å². The first kappa shape index (κ1) is 13.5. The van der Waals surface area contributed by atoms with Crippen LogP contribution in [0.1, 0.15) is 18.4 Å². The van der Waals surface area contributed by atoms with Gasteiger partial charge in [0.2, 0.25) is 0 Å². The van der Waals surface area contributed by atoms with E-state index in [2.05, 4.69) is 0 Å². The third kappa shape index (κ3) is 4.44. The second-order valence-electron chi connectivity index (χ2n) is 3.99. The molecule has 4 nitrogen and oxygen atoms in total. The molecule has 2 N–H and O–H groups in total. The first-order chi connectivity index (χ1) is 8.15. The molecule has 4 heteroatoms. The molecule has 1 aromatic carbocycles. The van der Waals surface area contributed by atoms with E-state index >= 15 is 0 Å². The minimum Gasteiger partial charge on any atom is -0.481 e. The Morgan fingerprint density at radius 3 is 2.59 bits per heavy atom. The van der Waals surface area contributed by atoms with Crippen molar-refractivity contribution in [1.82, 2.24) is 0 Å². The highest BCUT2D eigenvalue weighted by molar-refractivity contribution is 5.68. The summed E-state index contributed by atoms with van der Waals surface area (Å²) in [6.07, 6.45) is 0.758. The molecule has 0 spiro atoms. The number of para-hydroxylation sites is 1. The molecule has 0 heterocycles. The van der Waals surface area contributed by atoms with Gasteiger partial charge >= 0.3 is 5.97 Å². The van der Waals surface area contributed by atoms with Crippen molar-refractivity contribution in [1.29, 1.82) is 0 Å². The molecule has 0 atom stereocenters. The van der Waals surface area contributed by atoms with Gasteiger partial charge in [0.15, 0.2) is 0 Å². The molecule has 0 amide bonds. The quantitative estimate of drug-likeness (QED) is 0.757. The molecule has 0 aliphatic carbocycles. The summed E-state index contributed by atoms with van der Waals surface area (Å²) in [6, 6.07) is 7.88. The maximum Gasteiger partial charge on any atom is 0.305 e. The van der Waals surface area contributed by atoms with Crippen LogP contribution in [-0.4, -0.2) is 35.9 Å². The Bertz CT molecular complexity index is 365. The molecule has 0 saturated heterocycles. The predicted octanol–water partition coefficient (Wildman–Crippen LogP) is 1.66. The molecule has 17 heavy (non-hydrogen) atoms. The number of hydrogen-bond acceptors (Lipinski definition) is 3. The van der Waals surface area contributed by atoms with Crippen molar-refractivity contribution in [2.24, 2.45) is 0 Å². The fourth-order valence-electron chi connectivity index (χ4n) is 1.76. The minimum absolute atomic E-state index is 0.111. The summed E-state index contributed by atoms with van der Waals surface area (Å²) < 4.78 is 0. The zero-order chi connectivity index (χ0) is 12.7.